The highest BCUT2D eigenvalue weighted by Gasteiger charge is 2.08. The molecule has 104 valence electrons. The Bertz CT molecular complexity index is 618. The lowest BCUT2D eigenvalue weighted by Gasteiger charge is -2.10. The monoisotopic (exact) mass is 293 g/mol. The van der Waals surface area contributed by atoms with E-state index < -0.39 is 0 Å². The second-order valence-corrected chi connectivity index (χ2v) is 4.09. The van der Waals surface area contributed by atoms with Crippen LogP contribution in [0.4, 0.5) is 11.5 Å². The average molecular weight is 294 g/mol. The van der Waals surface area contributed by atoms with Crippen molar-refractivity contribution >= 4 is 29.0 Å². The fourth-order valence-corrected chi connectivity index (χ4v) is 1.54. The van der Waals surface area contributed by atoms with Crippen LogP contribution in [0, 0.1) is 0 Å². The molecule has 0 aliphatic heterocycles. The molecular formula is C12H12ClN5O2. The fourth-order valence-electron chi connectivity index (χ4n) is 1.40. The van der Waals surface area contributed by atoms with E-state index in [0.717, 1.165) is 0 Å². The first-order valence-corrected chi connectivity index (χ1v) is 5.96. The zero-order valence-corrected chi connectivity index (χ0v) is 11.3. The van der Waals surface area contributed by atoms with E-state index in [2.05, 4.69) is 20.8 Å². The SMILES string of the molecule is COc1ccc(C(=O)NNc2ncnc(Cl)c2N)cc1. The first kappa shape index (κ1) is 13.9. The standard InChI is InChI=1S/C12H12ClN5O2/c1-20-8-4-2-7(3-5-8)12(19)18-17-11-9(14)10(13)15-6-16-11/h2-6H,14H2,1H3,(H,18,19)(H,15,16,17). The lowest BCUT2D eigenvalue weighted by molar-refractivity contribution is 0.0962. The van der Waals surface area contributed by atoms with Gasteiger partial charge in [0.05, 0.1) is 7.11 Å². The first-order chi connectivity index (χ1) is 9.61. The molecule has 1 heterocycles. The van der Waals surface area contributed by atoms with Crippen LogP contribution in [-0.4, -0.2) is 23.0 Å². The van der Waals surface area contributed by atoms with Crippen molar-refractivity contribution < 1.29 is 9.53 Å². The molecule has 0 spiro atoms. The highest BCUT2D eigenvalue weighted by Crippen LogP contribution is 2.21. The number of anilines is 2. The maximum Gasteiger partial charge on any atom is 0.269 e. The van der Waals surface area contributed by atoms with Crippen molar-refractivity contribution in [3.05, 3.63) is 41.3 Å². The molecule has 0 unspecified atom stereocenters. The first-order valence-electron chi connectivity index (χ1n) is 5.58. The highest BCUT2D eigenvalue weighted by atomic mass is 35.5. The van der Waals surface area contributed by atoms with Crippen LogP contribution in [0.3, 0.4) is 0 Å². The predicted molar refractivity (Wildman–Crippen MR) is 75.5 cm³/mol. The normalized spacial score (nSPS) is 9.90. The van der Waals surface area contributed by atoms with E-state index in [1.165, 1.54) is 6.33 Å². The number of nitrogens with one attached hydrogen (secondary N) is 2. The van der Waals surface area contributed by atoms with E-state index >= 15 is 0 Å². The van der Waals surface area contributed by atoms with Gasteiger partial charge in [-0.1, -0.05) is 11.6 Å². The largest absolute Gasteiger partial charge is 0.497 e. The molecule has 1 aromatic carbocycles. The number of nitrogens with two attached hydrogens (primary N) is 1. The van der Waals surface area contributed by atoms with E-state index in [4.69, 9.17) is 22.1 Å². The van der Waals surface area contributed by atoms with Crippen molar-refractivity contribution in [2.45, 2.75) is 0 Å². The molecule has 0 aliphatic rings. The van der Waals surface area contributed by atoms with Gasteiger partial charge in [0, 0.05) is 5.56 Å². The van der Waals surface area contributed by atoms with Crippen molar-refractivity contribution in [1.82, 2.24) is 15.4 Å². The van der Waals surface area contributed by atoms with Crippen LogP contribution < -0.4 is 21.3 Å². The maximum absolute atomic E-state index is 11.9. The molecule has 0 aliphatic carbocycles. The van der Waals surface area contributed by atoms with Gasteiger partial charge in [-0.05, 0) is 24.3 Å². The molecule has 1 aromatic heterocycles. The third kappa shape index (κ3) is 3.07. The lowest BCUT2D eigenvalue weighted by Crippen LogP contribution is -2.30. The predicted octanol–water partition coefficient (Wildman–Crippen LogP) is 1.48. The summed E-state index contributed by atoms with van der Waals surface area (Å²) in [5.74, 6) is 0.551. The van der Waals surface area contributed by atoms with Gasteiger partial charge < -0.3 is 10.5 Å². The summed E-state index contributed by atoms with van der Waals surface area (Å²) in [6.07, 6.45) is 1.24. The molecule has 0 saturated carbocycles. The summed E-state index contributed by atoms with van der Waals surface area (Å²) in [6.45, 7) is 0. The molecule has 2 aromatic rings. The highest BCUT2D eigenvalue weighted by molar-refractivity contribution is 6.32. The van der Waals surface area contributed by atoms with Gasteiger partial charge in [0.25, 0.3) is 5.91 Å². The van der Waals surface area contributed by atoms with E-state index in [1.54, 1.807) is 31.4 Å². The number of hydrogen-bond acceptors (Lipinski definition) is 6. The summed E-state index contributed by atoms with van der Waals surface area (Å²) < 4.78 is 5.01. The molecule has 4 N–H and O–H groups in total. The van der Waals surface area contributed by atoms with Crippen molar-refractivity contribution in [1.29, 1.82) is 0 Å². The zero-order chi connectivity index (χ0) is 14.5. The molecule has 20 heavy (non-hydrogen) atoms. The summed E-state index contributed by atoms with van der Waals surface area (Å²) in [5.41, 5.74) is 11.3. The molecule has 2 rings (SSSR count). The van der Waals surface area contributed by atoms with E-state index in [1.807, 2.05) is 0 Å². The Labute approximate surface area is 120 Å². The average Bonchev–Trinajstić information content (AvgIpc) is 2.48. The molecule has 0 atom stereocenters. The molecule has 8 heteroatoms. The molecular weight excluding hydrogens is 282 g/mol. The number of halogens is 1. The Hall–Kier alpha value is -2.54. The van der Waals surface area contributed by atoms with Crippen LogP contribution in [0.1, 0.15) is 10.4 Å². The van der Waals surface area contributed by atoms with Gasteiger partial charge in [-0.25, -0.2) is 9.97 Å². The number of rotatable bonds is 4. The molecule has 0 radical (unpaired) electrons. The summed E-state index contributed by atoms with van der Waals surface area (Å²) in [6, 6.07) is 6.63. The van der Waals surface area contributed by atoms with Crippen molar-refractivity contribution in [3.8, 4) is 5.75 Å². The second kappa shape index (κ2) is 6.07. The number of aromatic nitrogens is 2. The van der Waals surface area contributed by atoms with Crippen molar-refractivity contribution in [2.24, 2.45) is 0 Å². The Morgan fingerprint density at radius 2 is 2.00 bits per heavy atom. The molecule has 0 fully saturated rings. The number of hydrogen-bond donors (Lipinski definition) is 3. The van der Waals surface area contributed by atoms with Crippen LogP contribution in [0.25, 0.3) is 0 Å². The number of nitrogens with zero attached hydrogens (tertiary/aromatic N) is 2. The number of carbonyl (C=O) groups excluding carboxylic acids is 1. The number of amides is 1. The quantitative estimate of drug-likeness (QED) is 0.583. The van der Waals surface area contributed by atoms with Crippen LogP contribution >= 0.6 is 11.6 Å². The van der Waals surface area contributed by atoms with E-state index in [-0.39, 0.29) is 22.6 Å². The molecule has 0 bridgehead atoms. The molecule has 1 amide bonds. The Balaban J connectivity index is 2.02. The number of methoxy groups -OCH3 is 1. The van der Waals surface area contributed by atoms with Gasteiger partial charge in [0.1, 0.15) is 17.8 Å². The number of ether oxygens (including phenoxy) is 1. The number of nitrogen functional groups attached to an aromatic ring is 1. The Morgan fingerprint density at radius 1 is 1.30 bits per heavy atom. The van der Waals surface area contributed by atoms with Gasteiger partial charge in [-0.3, -0.25) is 15.6 Å². The van der Waals surface area contributed by atoms with Gasteiger partial charge >= 0.3 is 0 Å². The summed E-state index contributed by atoms with van der Waals surface area (Å²) >= 11 is 5.74. The third-order valence-electron chi connectivity index (χ3n) is 2.48. The van der Waals surface area contributed by atoms with Crippen LogP contribution in [-0.2, 0) is 0 Å². The minimum absolute atomic E-state index is 0.112. The number of carbonyl (C=O) groups is 1. The minimum Gasteiger partial charge on any atom is -0.497 e. The smallest absolute Gasteiger partial charge is 0.269 e. The lowest BCUT2D eigenvalue weighted by atomic mass is 10.2. The minimum atomic E-state index is -0.346. The van der Waals surface area contributed by atoms with E-state index in [9.17, 15) is 4.79 Å². The number of benzene rings is 1. The maximum atomic E-state index is 11.9. The van der Waals surface area contributed by atoms with E-state index in [0.29, 0.717) is 11.3 Å². The fraction of sp³-hybridized carbons (Fsp3) is 0.0833. The number of hydrazine groups is 1. The second-order valence-electron chi connectivity index (χ2n) is 3.73. The Morgan fingerprint density at radius 3 is 2.65 bits per heavy atom. The summed E-state index contributed by atoms with van der Waals surface area (Å²) in [5, 5.41) is 0.112. The van der Waals surface area contributed by atoms with Crippen molar-refractivity contribution in [2.75, 3.05) is 18.3 Å². The summed E-state index contributed by atoms with van der Waals surface area (Å²) in [7, 11) is 1.55. The zero-order valence-electron chi connectivity index (χ0n) is 10.6. The van der Waals surface area contributed by atoms with Gasteiger partial charge in [-0.2, -0.15) is 0 Å². The van der Waals surface area contributed by atoms with Crippen LogP contribution in [0.2, 0.25) is 5.15 Å². The molecule has 0 saturated heterocycles. The Kier molecular flexibility index (Phi) is 4.21. The van der Waals surface area contributed by atoms with Gasteiger partial charge in [-0.15, -0.1) is 0 Å². The van der Waals surface area contributed by atoms with Crippen molar-refractivity contribution in [3.63, 3.8) is 0 Å². The topological polar surface area (TPSA) is 102 Å². The molecule has 7 nitrogen and oxygen atoms in total. The third-order valence-corrected chi connectivity index (χ3v) is 2.78. The van der Waals surface area contributed by atoms with Crippen LogP contribution in [0.15, 0.2) is 30.6 Å². The van der Waals surface area contributed by atoms with Crippen LogP contribution in [0.5, 0.6) is 5.75 Å². The van der Waals surface area contributed by atoms with Gasteiger partial charge in [0.15, 0.2) is 11.0 Å². The summed E-state index contributed by atoms with van der Waals surface area (Å²) in [4.78, 5) is 19.5. The van der Waals surface area contributed by atoms with Gasteiger partial charge in [0.2, 0.25) is 0 Å².